The van der Waals surface area contributed by atoms with E-state index in [0.717, 1.165) is 35.8 Å². The van der Waals surface area contributed by atoms with E-state index < -0.39 is 0 Å². The van der Waals surface area contributed by atoms with E-state index in [1.54, 1.807) is 26.5 Å². The molecule has 150 valence electrons. The van der Waals surface area contributed by atoms with Crippen LogP contribution >= 0.6 is 0 Å². The van der Waals surface area contributed by atoms with Gasteiger partial charge in [0.1, 0.15) is 17.3 Å². The van der Waals surface area contributed by atoms with Gasteiger partial charge in [0.25, 0.3) is 5.91 Å². The second-order valence-electron chi connectivity index (χ2n) is 6.49. The number of anilines is 1. The summed E-state index contributed by atoms with van der Waals surface area (Å²) in [6.45, 7) is 1.20. The van der Waals surface area contributed by atoms with E-state index in [0.29, 0.717) is 12.1 Å². The zero-order valence-electron chi connectivity index (χ0n) is 16.6. The number of hydrogen-bond donors (Lipinski definition) is 2. The maximum atomic E-state index is 12.3. The van der Waals surface area contributed by atoms with Gasteiger partial charge in [-0.1, -0.05) is 24.3 Å². The summed E-state index contributed by atoms with van der Waals surface area (Å²) < 4.78 is 10.3. The Bertz CT molecular complexity index is 908. The van der Waals surface area contributed by atoms with Gasteiger partial charge in [0.05, 0.1) is 19.8 Å². The number of methoxy groups -OCH3 is 2. The van der Waals surface area contributed by atoms with Gasteiger partial charge in [-0.25, -0.2) is 4.98 Å². The molecule has 6 heteroatoms. The van der Waals surface area contributed by atoms with E-state index >= 15 is 0 Å². The number of carbonyl (C=O) groups is 1. The second kappa shape index (κ2) is 10.1. The summed E-state index contributed by atoms with van der Waals surface area (Å²) in [7, 11) is 3.28. The number of carbonyl (C=O) groups excluding carboxylic acids is 1. The summed E-state index contributed by atoms with van der Waals surface area (Å²) in [6, 6.07) is 19.2. The van der Waals surface area contributed by atoms with Gasteiger partial charge in [-0.05, 0) is 53.9 Å². The fourth-order valence-corrected chi connectivity index (χ4v) is 2.79. The molecule has 0 unspecified atom stereocenters. The minimum Gasteiger partial charge on any atom is -0.497 e. The number of pyridine rings is 1. The first kappa shape index (κ1) is 20.2. The van der Waals surface area contributed by atoms with Gasteiger partial charge in [-0.15, -0.1) is 0 Å². The molecule has 0 saturated carbocycles. The van der Waals surface area contributed by atoms with Crippen molar-refractivity contribution in [1.29, 1.82) is 0 Å². The van der Waals surface area contributed by atoms with Crippen LogP contribution < -0.4 is 20.1 Å². The highest BCUT2D eigenvalue weighted by atomic mass is 16.5. The number of ether oxygens (including phenoxy) is 2. The van der Waals surface area contributed by atoms with Gasteiger partial charge >= 0.3 is 0 Å². The summed E-state index contributed by atoms with van der Waals surface area (Å²) >= 11 is 0. The molecule has 2 aromatic carbocycles. The molecule has 0 fully saturated rings. The lowest BCUT2D eigenvalue weighted by molar-refractivity contribution is 0.0950. The number of rotatable bonds is 9. The van der Waals surface area contributed by atoms with Crippen LogP contribution in [0.1, 0.15) is 21.5 Å². The summed E-state index contributed by atoms with van der Waals surface area (Å²) in [5.41, 5.74) is 2.75. The monoisotopic (exact) mass is 391 g/mol. The molecule has 1 heterocycles. The van der Waals surface area contributed by atoms with Gasteiger partial charge in [0.15, 0.2) is 0 Å². The molecule has 0 radical (unpaired) electrons. The van der Waals surface area contributed by atoms with Crippen LogP contribution in [0, 0.1) is 0 Å². The van der Waals surface area contributed by atoms with E-state index in [4.69, 9.17) is 9.47 Å². The van der Waals surface area contributed by atoms with Gasteiger partial charge in [-0.2, -0.15) is 0 Å². The van der Waals surface area contributed by atoms with E-state index in [1.165, 1.54) is 5.56 Å². The molecule has 0 atom stereocenters. The predicted molar refractivity (Wildman–Crippen MR) is 114 cm³/mol. The van der Waals surface area contributed by atoms with Crippen molar-refractivity contribution in [3.63, 3.8) is 0 Å². The SMILES string of the molecule is COc1ccc(CCNc2ccc(C(=O)NCc3ccc(OC)cc3)cn2)cc1. The minimum absolute atomic E-state index is 0.155. The highest BCUT2D eigenvalue weighted by molar-refractivity contribution is 5.94. The van der Waals surface area contributed by atoms with Crippen molar-refractivity contribution in [1.82, 2.24) is 10.3 Å². The van der Waals surface area contributed by atoms with Crippen molar-refractivity contribution < 1.29 is 14.3 Å². The Morgan fingerprint density at radius 1 is 0.862 bits per heavy atom. The summed E-state index contributed by atoms with van der Waals surface area (Å²) in [4.78, 5) is 16.6. The van der Waals surface area contributed by atoms with Gasteiger partial charge in [0, 0.05) is 19.3 Å². The Hall–Kier alpha value is -3.54. The lowest BCUT2D eigenvalue weighted by atomic mass is 10.1. The number of benzene rings is 2. The van der Waals surface area contributed by atoms with E-state index in [9.17, 15) is 4.79 Å². The first-order valence-corrected chi connectivity index (χ1v) is 9.42. The number of aromatic nitrogens is 1. The Labute approximate surface area is 170 Å². The van der Waals surface area contributed by atoms with Crippen LogP contribution in [0.5, 0.6) is 11.5 Å². The molecule has 29 heavy (non-hydrogen) atoms. The fraction of sp³-hybridized carbons (Fsp3) is 0.217. The lowest BCUT2D eigenvalue weighted by Gasteiger charge is -2.08. The zero-order chi connectivity index (χ0) is 20.5. The van der Waals surface area contributed by atoms with Crippen LogP contribution in [0.4, 0.5) is 5.82 Å². The van der Waals surface area contributed by atoms with Crippen molar-refractivity contribution in [3.8, 4) is 11.5 Å². The predicted octanol–water partition coefficient (Wildman–Crippen LogP) is 3.68. The Morgan fingerprint density at radius 3 is 2.03 bits per heavy atom. The molecule has 0 spiro atoms. The van der Waals surface area contributed by atoms with Crippen molar-refractivity contribution in [2.24, 2.45) is 0 Å². The molecular formula is C23H25N3O3. The molecule has 0 saturated heterocycles. The smallest absolute Gasteiger partial charge is 0.253 e. The Kier molecular flexibility index (Phi) is 7.05. The maximum absolute atomic E-state index is 12.3. The van der Waals surface area contributed by atoms with Crippen LogP contribution in [-0.2, 0) is 13.0 Å². The number of nitrogens with one attached hydrogen (secondary N) is 2. The van der Waals surface area contributed by atoms with Crippen molar-refractivity contribution in [2.75, 3.05) is 26.1 Å². The molecular weight excluding hydrogens is 366 g/mol. The van der Waals surface area contributed by atoms with Crippen molar-refractivity contribution in [2.45, 2.75) is 13.0 Å². The second-order valence-corrected chi connectivity index (χ2v) is 6.49. The average Bonchev–Trinajstić information content (AvgIpc) is 2.78. The number of nitrogens with zero attached hydrogens (tertiary/aromatic N) is 1. The average molecular weight is 391 g/mol. The number of amides is 1. The normalized spacial score (nSPS) is 10.3. The molecule has 3 rings (SSSR count). The van der Waals surface area contributed by atoms with E-state index in [2.05, 4.69) is 15.6 Å². The van der Waals surface area contributed by atoms with Gasteiger partial charge in [0.2, 0.25) is 0 Å². The molecule has 6 nitrogen and oxygen atoms in total. The van der Waals surface area contributed by atoms with Crippen LogP contribution in [0.2, 0.25) is 0 Å². The first-order valence-electron chi connectivity index (χ1n) is 9.42. The topological polar surface area (TPSA) is 72.5 Å². The minimum atomic E-state index is -0.155. The summed E-state index contributed by atoms with van der Waals surface area (Å²) in [5, 5.41) is 6.17. The zero-order valence-corrected chi connectivity index (χ0v) is 16.6. The first-order chi connectivity index (χ1) is 14.2. The molecule has 0 aliphatic carbocycles. The Balaban J connectivity index is 1.45. The van der Waals surface area contributed by atoms with E-state index in [-0.39, 0.29) is 5.91 Å². The van der Waals surface area contributed by atoms with Crippen molar-refractivity contribution in [3.05, 3.63) is 83.6 Å². The summed E-state index contributed by atoms with van der Waals surface area (Å²) in [5.74, 6) is 2.23. The maximum Gasteiger partial charge on any atom is 0.253 e. The van der Waals surface area contributed by atoms with Gasteiger partial charge < -0.3 is 20.1 Å². The number of hydrogen-bond acceptors (Lipinski definition) is 5. The van der Waals surface area contributed by atoms with Crippen LogP contribution in [-0.4, -0.2) is 31.7 Å². The van der Waals surface area contributed by atoms with Crippen LogP contribution in [0.15, 0.2) is 66.9 Å². The summed E-state index contributed by atoms with van der Waals surface area (Å²) in [6.07, 6.45) is 2.45. The highest BCUT2D eigenvalue weighted by Crippen LogP contribution is 2.13. The van der Waals surface area contributed by atoms with Crippen molar-refractivity contribution >= 4 is 11.7 Å². The lowest BCUT2D eigenvalue weighted by Crippen LogP contribution is -2.23. The quantitative estimate of drug-likeness (QED) is 0.582. The fourth-order valence-electron chi connectivity index (χ4n) is 2.79. The molecule has 3 aromatic rings. The standard InChI is InChI=1S/C23H25N3O3/c1-28-20-8-3-17(4-9-20)13-14-24-22-12-7-19(16-25-22)23(27)26-15-18-5-10-21(29-2)11-6-18/h3-12,16H,13-15H2,1-2H3,(H,24,25)(H,26,27). The third-order valence-electron chi connectivity index (χ3n) is 4.52. The Morgan fingerprint density at radius 2 is 1.48 bits per heavy atom. The van der Waals surface area contributed by atoms with Crippen LogP contribution in [0.3, 0.4) is 0 Å². The largest absolute Gasteiger partial charge is 0.497 e. The third kappa shape index (κ3) is 5.97. The van der Waals surface area contributed by atoms with Gasteiger partial charge in [-0.3, -0.25) is 4.79 Å². The highest BCUT2D eigenvalue weighted by Gasteiger charge is 2.06. The molecule has 2 N–H and O–H groups in total. The molecule has 1 aromatic heterocycles. The van der Waals surface area contributed by atoms with Crippen LogP contribution in [0.25, 0.3) is 0 Å². The molecule has 0 aliphatic heterocycles. The molecule has 0 bridgehead atoms. The third-order valence-corrected chi connectivity index (χ3v) is 4.52. The molecule has 0 aliphatic rings. The van der Waals surface area contributed by atoms with E-state index in [1.807, 2.05) is 54.6 Å². The molecule has 1 amide bonds.